The van der Waals surface area contributed by atoms with Gasteiger partial charge < -0.3 is 4.90 Å². The molecule has 3 rings (SSSR count). The molecular weight excluding hydrogens is 236 g/mol. The Bertz CT molecular complexity index is 539. The molecule has 1 aromatic carbocycles. The summed E-state index contributed by atoms with van der Waals surface area (Å²) in [6.07, 6.45) is 5.00. The molecule has 1 atom stereocenters. The van der Waals surface area contributed by atoms with Crippen LogP contribution in [0.5, 0.6) is 0 Å². The van der Waals surface area contributed by atoms with Crippen molar-refractivity contribution >= 4 is 5.91 Å². The number of halogens is 2. The van der Waals surface area contributed by atoms with Crippen molar-refractivity contribution in [1.29, 1.82) is 0 Å². The minimum atomic E-state index is -0.852. The van der Waals surface area contributed by atoms with Crippen LogP contribution in [0.15, 0.2) is 30.0 Å². The molecule has 2 heterocycles. The summed E-state index contributed by atoms with van der Waals surface area (Å²) in [4.78, 5) is 13.6. The number of nitrogens with zero attached hydrogens (tertiary/aromatic N) is 1. The molecule has 0 bridgehead atoms. The van der Waals surface area contributed by atoms with Crippen molar-refractivity contribution in [3.63, 3.8) is 0 Å². The molecule has 0 saturated carbocycles. The minimum absolute atomic E-state index is 0.0793. The van der Waals surface area contributed by atoms with Crippen LogP contribution in [0.3, 0.4) is 0 Å². The molecule has 1 amide bonds. The summed E-state index contributed by atoms with van der Waals surface area (Å²) in [6, 6.07) is 3.75. The van der Waals surface area contributed by atoms with E-state index in [0.717, 1.165) is 31.0 Å². The first kappa shape index (κ1) is 11.4. The smallest absolute Gasteiger partial charge is 0.227 e. The van der Waals surface area contributed by atoms with Gasteiger partial charge in [-0.05, 0) is 37.0 Å². The number of benzene rings is 1. The fraction of sp³-hybridized carbons (Fsp3) is 0.357. The molecule has 0 N–H and O–H groups in total. The largest absolute Gasteiger partial charge is 0.309 e. The third-order valence-electron chi connectivity index (χ3n) is 3.63. The van der Waals surface area contributed by atoms with Gasteiger partial charge >= 0.3 is 0 Å². The highest BCUT2D eigenvalue weighted by Crippen LogP contribution is 2.39. The molecule has 4 heteroatoms. The summed E-state index contributed by atoms with van der Waals surface area (Å²) in [5.74, 6) is -1.62. The fourth-order valence-corrected chi connectivity index (χ4v) is 2.78. The van der Waals surface area contributed by atoms with E-state index in [1.807, 2.05) is 0 Å². The second-order valence-electron chi connectivity index (χ2n) is 4.73. The van der Waals surface area contributed by atoms with Crippen molar-refractivity contribution in [2.24, 2.45) is 0 Å². The lowest BCUT2D eigenvalue weighted by Crippen LogP contribution is -2.30. The van der Waals surface area contributed by atoms with E-state index >= 15 is 0 Å². The van der Waals surface area contributed by atoms with Gasteiger partial charge in [-0.3, -0.25) is 4.79 Å². The molecule has 18 heavy (non-hydrogen) atoms. The van der Waals surface area contributed by atoms with Gasteiger partial charge in [0.25, 0.3) is 0 Å². The van der Waals surface area contributed by atoms with Crippen molar-refractivity contribution < 1.29 is 13.6 Å². The standard InChI is InChI=1S/C14H13F2NO/c15-11-6-4-9(8-12(11)16)13-3-1-2-10-5-7-14(18)17(10)13/h2,4,6,8,13H,1,3,5,7H2. The lowest BCUT2D eigenvalue weighted by Gasteiger charge is -2.32. The van der Waals surface area contributed by atoms with Gasteiger partial charge in [0, 0.05) is 12.1 Å². The average molecular weight is 249 g/mol. The van der Waals surface area contributed by atoms with E-state index in [-0.39, 0.29) is 11.9 Å². The maximum Gasteiger partial charge on any atom is 0.227 e. The number of hydrogen-bond donors (Lipinski definition) is 0. The summed E-state index contributed by atoms with van der Waals surface area (Å²) in [5.41, 5.74) is 1.70. The molecule has 0 radical (unpaired) electrons. The molecule has 0 aromatic heterocycles. The molecule has 0 aliphatic carbocycles. The third-order valence-corrected chi connectivity index (χ3v) is 3.63. The zero-order chi connectivity index (χ0) is 12.7. The van der Waals surface area contributed by atoms with Gasteiger partial charge in [0.15, 0.2) is 11.6 Å². The van der Waals surface area contributed by atoms with Crippen LogP contribution in [-0.4, -0.2) is 10.8 Å². The third kappa shape index (κ3) is 1.72. The van der Waals surface area contributed by atoms with Crippen LogP contribution in [-0.2, 0) is 4.79 Å². The molecular formula is C14H13F2NO. The lowest BCUT2D eigenvalue weighted by molar-refractivity contribution is -0.128. The monoisotopic (exact) mass is 249 g/mol. The van der Waals surface area contributed by atoms with Gasteiger partial charge in [0.2, 0.25) is 5.91 Å². The number of carbonyl (C=O) groups excluding carboxylic acids is 1. The second-order valence-corrected chi connectivity index (χ2v) is 4.73. The van der Waals surface area contributed by atoms with E-state index in [9.17, 15) is 13.6 Å². The zero-order valence-electron chi connectivity index (χ0n) is 9.83. The Kier molecular flexibility index (Phi) is 2.65. The first-order valence-electron chi connectivity index (χ1n) is 6.13. The maximum atomic E-state index is 13.3. The predicted octanol–water partition coefficient (Wildman–Crippen LogP) is 3.31. The van der Waals surface area contributed by atoms with E-state index < -0.39 is 11.6 Å². The molecule has 1 fully saturated rings. The summed E-state index contributed by atoms with van der Waals surface area (Å²) in [6.45, 7) is 0. The van der Waals surface area contributed by atoms with Gasteiger partial charge in [0.05, 0.1) is 6.04 Å². The first-order valence-corrected chi connectivity index (χ1v) is 6.13. The number of rotatable bonds is 1. The number of carbonyl (C=O) groups is 1. The Morgan fingerprint density at radius 1 is 1.17 bits per heavy atom. The minimum Gasteiger partial charge on any atom is -0.309 e. The van der Waals surface area contributed by atoms with E-state index in [1.165, 1.54) is 6.07 Å². The Morgan fingerprint density at radius 2 is 2.00 bits per heavy atom. The zero-order valence-corrected chi connectivity index (χ0v) is 9.83. The summed E-state index contributed by atoms with van der Waals surface area (Å²) >= 11 is 0. The van der Waals surface area contributed by atoms with Crippen molar-refractivity contribution in [1.82, 2.24) is 4.90 Å². The SMILES string of the molecule is O=C1CCC2=CCCC(c3ccc(F)c(F)c3)N12. The van der Waals surface area contributed by atoms with E-state index in [1.54, 1.807) is 11.0 Å². The predicted molar refractivity (Wildman–Crippen MR) is 62.5 cm³/mol. The van der Waals surface area contributed by atoms with Gasteiger partial charge in [-0.15, -0.1) is 0 Å². The molecule has 0 spiro atoms. The highest BCUT2D eigenvalue weighted by atomic mass is 19.2. The Morgan fingerprint density at radius 3 is 2.78 bits per heavy atom. The number of hydrogen-bond acceptors (Lipinski definition) is 1. The summed E-state index contributed by atoms with van der Waals surface area (Å²) in [7, 11) is 0. The molecule has 1 aromatic rings. The number of allylic oxidation sites excluding steroid dienone is 2. The fourth-order valence-electron chi connectivity index (χ4n) is 2.78. The Hall–Kier alpha value is -1.71. The molecule has 1 saturated heterocycles. The van der Waals surface area contributed by atoms with Gasteiger partial charge in [-0.1, -0.05) is 12.1 Å². The normalized spacial score (nSPS) is 23.0. The van der Waals surface area contributed by atoms with E-state index in [4.69, 9.17) is 0 Å². The molecule has 2 aliphatic rings. The van der Waals surface area contributed by atoms with Crippen LogP contribution in [0.4, 0.5) is 8.78 Å². The van der Waals surface area contributed by atoms with Gasteiger partial charge in [-0.25, -0.2) is 8.78 Å². The Labute approximate surface area is 104 Å². The molecule has 94 valence electrons. The molecule has 1 unspecified atom stereocenters. The van der Waals surface area contributed by atoms with Crippen molar-refractivity contribution in [2.45, 2.75) is 31.7 Å². The maximum absolute atomic E-state index is 13.3. The van der Waals surface area contributed by atoms with Crippen molar-refractivity contribution in [2.75, 3.05) is 0 Å². The molecule has 2 aliphatic heterocycles. The highest BCUT2D eigenvalue weighted by Gasteiger charge is 2.35. The van der Waals surface area contributed by atoms with E-state index in [0.29, 0.717) is 12.0 Å². The Balaban J connectivity index is 1.98. The summed E-state index contributed by atoms with van der Waals surface area (Å²) < 4.78 is 26.2. The van der Waals surface area contributed by atoms with Gasteiger partial charge in [-0.2, -0.15) is 0 Å². The average Bonchev–Trinajstić information content (AvgIpc) is 2.75. The first-order chi connectivity index (χ1) is 8.66. The highest BCUT2D eigenvalue weighted by molar-refractivity contribution is 5.82. The number of amides is 1. The molecule has 2 nitrogen and oxygen atoms in total. The second kappa shape index (κ2) is 4.19. The van der Waals surface area contributed by atoms with E-state index in [2.05, 4.69) is 6.08 Å². The number of fused-ring (bicyclic) bond motifs is 1. The van der Waals surface area contributed by atoms with Crippen LogP contribution in [0.25, 0.3) is 0 Å². The van der Waals surface area contributed by atoms with Gasteiger partial charge in [0.1, 0.15) is 0 Å². The van der Waals surface area contributed by atoms with Crippen LogP contribution in [0.1, 0.15) is 37.3 Å². The topological polar surface area (TPSA) is 20.3 Å². The quantitative estimate of drug-likeness (QED) is 0.747. The van der Waals surface area contributed by atoms with Crippen molar-refractivity contribution in [3.8, 4) is 0 Å². The lowest BCUT2D eigenvalue weighted by atomic mass is 9.96. The van der Waals surface area contributed by atoms with Crippen LogP contribution >= 0.6 is 0 Å². The van der Waals surface area contributed by atoms with Crippen molar-refractivity contribution in [3.05, 3.63) is 47.2 Å². The van der Waals surface area contributed by atoms with Crippen LogP contribution < -0.4 is 0 Å². The van der Waals surface area contributed by atoms with Crippen LogP contribution in [0, 0.1) is 11.6 Å². The van der Waals surface area contributed by atoms with Crippen LogP contribution in [0.2, 0.25) is 0 Å². The summed E-state index contributed by atoms with van der Waals surface area (Å²) in [5, 5.41) is 0.